The van der Waals surface area contributed by atoms with Crippen LogP contribution in [0.2, 0.25) is 0 Å². The van der Waals surface area contributed by atoms with E-state index in [-0.39, 0.29) is 6.61 Å². The Kier molecular flexibility index (Phi) is 5.55. The average Bonchev–Trinajstić information content (AvgIpc) is 3.38. The van der Waals surface area contributed by atoms with Crippen LogP contribution in [0, 0.1) is 0 Å². The van der Waals surface area contributed by atoms with E-state index in [9.17, 15) is 23.1 Å². The summed E-state index contributed by atoms with van der Waals surface area (Å²) in [6.45, 7) is 1.33. The fraction of sp³-hybridized carbons (Fsp3) is 0.192. The van der Waals surface area contributed by atoms with Gasteiger partial charge in [-0.25, -0.2) is 0 Å². The van der Waals surface area contributed by atoms with Crippen LogP contribution in [0.25, 0.3) is 27.6 Å². The molecule has 184 valence electrons. The van der Waals surface area contributed by atoms with Gasteiger partial charge >= 0.3 is 6.18 Å². The number of hydrogen-bond donors (Lipinski definition) is 2. The summed E-state index contributed by atoms with van der Waals surface area (Å²) in [6.07, 6.45) is -1.05. The molecule has 1 unspecified atom stereocenters. The van der Waals surface area contributed by atoms with Gasteiger partial charge in [-0.2, -0.15) is 18.3 Å². The molecule has 10 heteroatoms. The van der Waals surface area contributed by atoms with Crippen molar-refractivity contribution in [3.05, 3.63) is 89.9 Å². The number of hydrogen-bond acceptors (Lipinski definition) is 4. The summed E-state index contributed by atoms with van der Waals surface area (Å²) in [6, 6.07) is 15.2. The first kappa shape index (κ1) is 23.6. The van der Waals surface area contributed by atoms with Crippen LogP contribution in [0.5, 0.6) is 0 Å². The maximum Gasteiger partial charge on any atom is 0.416 e. The molecule has 0 spiro atoms. The Morgan fingerprint density at radius 3 is 2.44 bits per heavy atom. The molecule has 0 aliphatic rings. The van der Waals surface area contributed by atoms with Gasteiger partial charge in [0.2, 0.25) is 0 Å². The molecule has 3 aromatic heterocycles. The quantitative estimate of drug-likeness (QED) is 0.376. The predicted molar refractivity (Wildman–Crippen MR) is 129 cm³/mol. The Morgan fingerprint density at radius 1 is 1.06 bits per heavy atom. The van der Waals surface area contributed by atoms with Crippen LogP contribution in [0.3, 0.4) is 0 Å². The highest BCUT2D eigenvalue weighted by molar-refractivity contribution is 6.10. The van der Waals surface area contributed by atoms with E-state index in [1.54, 1.807) is 72.0 Å². The molecule has 0 saturated heterocycles. The molecule has 5 aromatic rings. The van der Waals surface area contributed by atoms with E-state index in [1.165, 1.54) is 12.1 Å². The summed E-state index contributed by atoms with van der Waals surface area (Å²) in [5, 5.41) is 18.8. The molecular weight excluding hydrogens is 471 g/mol. The van der Waals surface area contributed by atoms with Gasteiger partial charge in [-0.3, -0.25) is 19.0 Å². The monoisotopic (exact) mass is 493 g/mol. The first-order valence-electron chi connectivity index (χ1n) is 11.1. The van der Waals surface area contributed by atoms with E-state index in [4.69, 9.17) is 0 Å². The number of nitrogens with zero attached hydrogens (tertiary/aromatic N) is 4. The summed E-state index contributed by atoms with van der Waals surface area (Å²) >= 11 is 0. The number of aromatic nitrogens is 4. The molecule has 0 fully saturated rings. The van der Waals surface area contributed by atoms with Crippen molar-refractivity contribution < 1.29 is 23.1 Å². The van der Waals surface area contributed by atoms with E-state index < -0.39 is 23.2 Å². The fourth-order valence-corrected chi connectivity index (χ4v) is 4.29. The number of benzene rings is 2. The molecule has 0 saturated carbocycles. The summed E-state index contributed by atoms with van der Waals surface area (Å²) in [4.78, 5) is 17.5. The highest BCUT2D eigenvalue weighted by atomic mass is 19.4. The zero-order valence-electron chi connectivity index (χ0n) is 19.4. The first-order chi connectivity index (χ1) is 17.1. The van der Waals surface area contributed by atoms with Crippen molar-refractivity contribution in [3.8, 4) is 5.69 Å². The minimum Gasteiger partial charge on any atom is -0.394 e. The normalized spacial score (nSPS) is 13.7. The number of fused-ring (bicyclic) bond motifs is 3. The van der Waals surface area contributed by atoms with Crippen molar-refractivity contribution in [2.45, 2.75) is 18.6 Å². The van der Waals surface area contributed by atoms with E-state index >= 15 is 0 Å². The number of alkyl halides is 3. The number of aliphatic hydroxyl groups is 1. The maximum atomic E-state index is 13.2. The van der Waals surface area contributed by atoms with E-state index in [2.05, 4.69) is 15.4 Å². The molecule has 1 amide bonds. The summed E-state index contributed by atoms with van der Waals surface area (Å²) < 4.78 is 42.6. The Labute approximate surface area is 203 Å². The van der Waals surface area contributed by atoms with Gasteiger partial charge in [-0.05, 0) is 61.5 Å². The molecule has 5 rings (SSSR count). The lowest BCUT2D eigenvalue weighted by Crippen LogP contribution is -2.46. The second-order valence-electron chi connectivity index (χ2n) is 8.81. The van der Waals surface area contributed by atoms with Crippen LogP contribution in [0.1, 0.15) is 28.5 Å². The smallest absolute Gasteiger partial charge is 0.394 e. The van der Waals surface area contributed by atoms with Gasteiger partial charge in [0.15, 0.2) is 5.65 Å². The van der Waals surface area contributed by atoms with Crippen LogP contribution in [0.4, 0.5) is 13.2 Å². The zero-order chi connectivity index (χ0) is 25.7. The average molecular weight is 493 g/mol. The third-order valence-electron chi connectivity index (χ3n) is 6.20. The highest BCUT2D eigenvalue weighted by Gasteiger charge is 2.31. The first-order valence-corrected chi connectivity index (χ1v) is 11.1. The van der Waals surface area contributed by atoms with Crippen LogP contribution in [0.15, 0.2) is 73.1 Å². The number of nitrogens with one attached hydrogen (secondary N) is 1. The van der Waals surface area contributed by atoms with Gasteiger partial charge < -0.3 is 10.4 Å². The topological polar surface area (TPSA) is 85.0 Å². The van der Waals surface area contributed by atoms with Crippen LogP contribution in [-0.2, 0) is 18.8 Å². The third-order valence-corrected chi connectivity index (χ3v) is 6.20. The molecule has 3 heterocycles. The number of halogens is 3. The third kappa shape index (κ3) is 3.99. The Bertz CT molecular complexity index is 1570. The van der Waals surface area contributed by atoms with Gasteiger partial charge in [0.05, 0.1) is 23.4 Å². The van der Waals surface area contributed by atoms with Gasteiger partial charge in [-0.15, -0.1) is 0 Å². The van der Waals surface area contributed by atoms with Crippen molar-refractivity contribution in [1.29, 1.82) is 0 Å². The number of amides is 1. The number of carbonyl (C=O) groups excluding carboxylic acids is 1. The Balaban J connectivity index is 1.58. The number of pyridine rings is 1. The largest absolute Gasteiger partial charge is 0.416 e. The summed E-state index contributed by atoms with van der Waals surface area (Å²) in [5.74, 6) is -0.404. The van der Waals surface area contributed by atoms with Gasteiger partial charge in [0.25, 0.3) is 5.91 Å². The van der Waals surface area contributed by atoms with E-state index in [0.29, 0.717) is 33.5 Å². The van der Waals surface area contributed by atoms with Crippen LogP contribution >= 0.6 is 0 Å². The lowest BCUT2D eigenvalue weighted by molar-refractivity contribution is -0.137. The van der Waals surface area contributed by atoms with E-state index in [1.807, 2.05) is 0 Å². The number of rotatable bonds is 5. The highest BCUT2D eigenvalue weighted by Crippen LogP contribution is 2.34. The van der Waals surface area contributed by atoms with Crippen molar-refractivity contribution in [1.82, 2.24) is 24.6 Å². The molecular formula is C26H22F3N5O2. The molecule has 1 atom stereocenters. The summed E-state index contributed by atoms with van der Waals surface area (Å²) in [7, 11) is 1.75. The summed E-state index contributed by atoms with van der Waals surface area (Å²) in [5.41, 5.74) is 0.806. The van der Waals surface area contributed by atoms with Crippen molar-refractivity contribution in [3.63, 3.8) is 0 Å². The molecule has 0 bridgehead atoms. The minimum atomic E-state index is -4.43. The molecule has 0 aliphatic carbocycles. The molecule has 2 N–H and O–H groups in total. The molecule has 7 nitrogen and oxygen atoms in total. The van der Waals surface area contributed by atoms with Crippen LogP contribution in [-0.4, -0.2) is 37.0 Å². The molecule has 2 aromatic carbocycles. The standard InChI is InChI=1S/C26H22F3N5O2/c1-25(15-35,22-5-3-4-12-30-22)31-24(36)16-6-11-21-19(13-16)20-14-33(2)32-23(20)34(21)18-9-7-17(8-10-18)26(27,28)29/h3-14,35H,15H2,1-2H3,(H,31,36). The number of aryl methyl sites for hydroxylation is 1. The zero-order valence-corrected chi connectivity index (χ0v) is 19.4. The van der Waals surface area contributed by atoms with Crippen LogP contribution < -0.4 is 5.32 Å². The van der Waals surface area contributed by atoms with Gasteiger partial charge in [-0.1, -0.05) is 6.07 Å². The second-order valence-corrected chi connectivity index (χ2v) is 8.81. The van der Waals surface area contributed by atoms with Crippen molar-refractivity contribution >= 4 is 27.8 Å². The van der Waals surface area contributed by atoms with E-state index in [0.717, 1.165) is 17.5 Å². The lowest BCUT2D eigenvalue weighted by atomic mass is 9.97. The molecule has 36 heavy (non-hydrogen) atoms. The lowest BCUT2D eigenvalue weighted by Gasteiger charge is -2.28. The Morgan fingerprint density at radius 2 is 1.81 bits per heavy atom. The maximum absolute atomic E-state index is 13.2. The number of carbonyl (C=O) groups is 1. The predicted octanol–water partition coefficient (Wildman–Crippen LogP) is 4.57. The fourth-order valence-electron chi connectivity index (χ4n) is 4.29. The SMILES string of the molecule is Cn1cc2c3cc(C(=O)NC(C)(CO)c4ccccn4)ccc3n(-c3ccc(C(F)(F)F)cc3)c2n1. The second kappa shape index (κ2) is 8.49. The van der Waals surface area contributed by atoms with Crippen molar-refractivity contribution in [2.75, 3.05) is 6.61 Å². The number of aliphatic hydroxyl groups excluding tert-OH is 1. The van der Waals surface area contributed by atoms with Gasteiger partial charge in [0, 0.05) is 41.5 Å². The molecule has 0 radical (unpaired) electrons. The molecule has 0 aliphatic heterocycles. The van der Waals surface area contributed by atoms with Gasteiger partial charge in [0.1, 0.15) is 5.54 Å². The Hall–Kier alpha value is -4.18. The van der Waals surface area contributed by atoms with Crippen molar-refractivity contribution in [2.24, 2.45) is 7.05 Å². The minimum absolute atomic E-state index is 0.352.